The number of phenols is 1. The van der Waals surface area contributed by atoms with Crippen molar-refractivity contribution < 1.29 is 5.11 Å². The van der Waals surface area contributed by atoms with Crippen LogP contribution in [0, 0.1) is 0 Å². The molecule has 1 heteroatoms. The van der Waals surface area contributed by atoms with Crippen LogP contribution in [0.15, 0.2) is 24.3 Å². The van der Waals surface area contributed by atoms with E-state index in [0.29, 0.717) is 5.75 Å². The van der Waals surface area contributed by atoms with E-state index >= 15 is 0 Å². The van der Waals surface area contributed by atoms with E-state index in [1.54, 1.807) is 0 Å². The maximum absolute atomic E-state index is 10.4. The minimum absolute atomic E-state index is 0.123. The van der Waals surface area contributed by atoms with Gasteiger partial charge in [-0.15, -0.1) is 0 Å². The molecule has 0 aromatic heterocycles. The molecule has 0 aliphatic carbocycles. The molecule has 1 rings (SSSR count). The molecule has 156 valence electrons. The van der Waals surface area contributed by atoms with Crippen LogP contribution in [-0.2, 0) is 5.41 Å². The summed E-state index contributed by atoms with van der Waals surface area (Å²) in [5.74, 6) is 0.492. The highest BCUT2D eigenvalue weighted by atomic mass is 16.3. The molecule has 0 aliphatic rings. The summed E-state index contributed by atoms with van der Waals surface area (Å²) in [5.41, 5.74) is 1.29. The Morgan fingerprint density at radius 2 is 1.04 bits per heavy atom. The first-order chi connectivity index (χ1) is 13.1. The number of aromatic hydroxyl groups is 1. The van der Waals surface area contributed by atoms with Crippen LogP contribution >= 0.6 is 0 Å². The molecule has 0 unspecified atom stereocenters. The van der Waals surface area contributed by atoms with E-state index < -0.39 is 0 Å². The zero-order chi connectivity index (χ0) is 19.8. The van der Waals surface area contributed by atoms with Crippen molar-refractivity contribution in [3.63, 3.8) is 0 Å². The lowest BCUT2D eigenvalue weighted by Crippen LogP contribution is -2.22. The molecule has 1 aromatic rings. The van der Waals surface area contributed by atoms with E-state index in [-0.39, 0.29) is 5.41 Å². The van der Waals surface area contributed by atoms with Crippen molar-refractivity contribution in [2.45, 2.75) is 129 Å². The zero-order valence-corrected chi connectivity index (χ0v) is 18.6. The number of para-hydroxylation sites is 1. The van der Waals surface area contributed by atoms with Gasteiger partial charge in [-0.05, 0) is 29.9 Å². The van der Waals surface area contributed by atoms with Gasteiger partial charge in [-0.25, -0.2) is 0 Å². The summed E-state index contributed by atoms with van der Waals surface area (Å²) < 4.78 is 0. The number of benzene rings is 1. The highest BCUT2D eigenvalue weighted by Crippen LogP contribution is 2.39. The van der Waals surface area contributed by atoms with Gasteiger partial charge in [-0.2, -0.15) is 0 Å². The lowest BCUT2D eigenvalue weighted by Gasteiger charge is -2.31. The van der Waals surface area contributed by atoms with Gasteiger partial charge in [0.25, 0.3) is 0 Å². The molecule has 0 amide bonds. The summed E-state index contributed by atoms with van der Waals surface area (Å²) in [4.78, 5) is 0. The predicted octanol–water partition coefficient (Wildman–Crippen LogP) is 8.93. The predicted molar refractivity (Wildman–Crippen MR) is 121 cm³/mol. The lowest BCUT2D eigenvalue weighted by atomic mass is 9.73. The first-order valence-corrected chi connectivity index (χ1v) is 11.9. The SMILES string of the molecule is CCCCCCCCCC(C)(CCCCCCCCC)c1ccccc1O. The van der Waals surface area contributed by atoms with Crippen molar-refractivity contribution in [2.24, 2.45) is 0 Å². The zero-order valence-electron chi connectivity index (χ0n) is 18.6. The fraction of sp³-hybridized carbons (Fsp3) is 0.769. The van der Waals surface area contributed by atoms with E-state index in [2.05, 4.69) is 32.9 Å². The van der Waals surface area contributed by atoms with Gasteiger partial charge < -0.3 is 5.11 Å². The molecule has 0 heterocycles. The van der Waals surface area contributed by atoms with Gasteiger partial charge in [0.1, 0.15) is 5.75 Å². The third-order valence-corrected chi connectivity index (χ3v) is 6.22. The highest BCUT2D eigenvalue weighted by molar-refractivity contribution is 5.38. The number of rotatable bonds is 17. The topological polar surface area (TPSA) is 20.2 Å². The van der Waals surface area contributed by atoms with E-state index in [1.807, 2.05) is 12.1 Å². The normalized spacial score (nSPS) is 11.8. The Morgan fingerprint density at radius 1 is 0.630 bits per heavy atom. The standard InChI is InChI=1S/C26H46O/c1-4-6-8-10-12-14-18-22-26(3,24-20-16-17-21-25(24)27)23-19-15-13-11-9-7-5-2/h16-17,20-21,27H,4-15,18-19,22-23H2,1-3H3. The molecule has 0 bridgehead atoms. The van der Waals surface area contributed by atoms with E-state index in [9.17, 15) is 5.11 Å². The molecule has 0 aliphatic heterocycles. The van der Waals surface area contributed by atoms with Crippen LogP contribution in [0.25, 0.3) is 0 Å². The molecule has 0 spiro atoms. The fourth-order valence-corrected chi connectivity index (χ4v) is 4.32. The quantitative estimate of drug-likeness (QED) is 0.270. The minimum Gasteiger partial charge on any atom is -0.508 e. The average molecular weight is 375 g/mol. The molecule has 0 atom stereocenters. The molecule has 1 N–H and O–H groups in total. The summed E-state index contributed by atoms with van der Waals surface area (Å²) >= 11 is 0. The monoisotopic (exact) mass is 374 g/mol. The molecule has 1 aromatic carbocycles. The first kappa shape index (κ1) is 24.1. The van der Waals surface area contributed by atoms with Gasteiger partial charge in [-0.1, -0.05) is 129 Å². The summed E-state index contributed by atoms with van der Waals surface area (Å²) in [7, 11) is 0. The van der Waals surface area contributed by atoms with E-state index in [1.165, 1.54) is 108 Å². The molecule has 27 heavy (non-hydrogen) atoms. The van der Waals surface area contributed by atoms with Gasteiger partial charge in [-0.3, -0.25) is 0 Å². The Hall–Kier alpha value is -0.980. The Balaban J connectivity index is 2.46. The van der Waals surface area contributed by atoms with Gasteiger partial charge in [0.05, 0.1) is 0 Å². The second kappa shape index (κ2) is 15.0. The Kier molecular flexibility index (Phi) is 13.4. The van der Waals surface area contributed by atoms with Crippen LogP contribution in [-0.4, -0.2) is 5.11 Å². The second-order valence-corrected chi connectivity index (χ2v) is 8.82. The highest BCUT2D eigenvalue weighted by Gasteiger charge is 2.28. The summed E-state index contributed by atoms with van der Waals surface area (Å²) in [6.07, 6.45) is 21.4. The fourth-order valence-electron chi connectivity index (χ4n) is 4.32. The van der Waals surface area contributed by atoms with Gasteiger partial charge >= 0.3 is 0 Å². The van der Waals surface area contributed by atoms with Crippen molar-refractivity contribution in [1.82, 2.24) is 0 Å². The number of phenolic OH excluding ortho intramolecular Hbond substituents is 1. The van der Waals surface area contributed by atoms with Crippen LogP contribution in [0.5, 0.6) is 5.75 Å². The smallest absolute Gasteiger partial charge is 0.119 e. The molecule has 0 saturated carbocycles. The Labute approximate surface area is 170 Å². The van der Waals surface area contributed by atoms with E-state index in [0.717, 1.165) is 0 Å². The Morgan fingerprint density at radius 3 is 1.48 bits per heavy atom. The van der Waals surface area contributed by atoms with Crippen molar-refractivity contribution in [2.75, 3.05) is 0 Å². The molecular formula is C26H46O. The minimum atomic E-state index is 0.123. The van der Waals surface area contributed by atoms with Crippen molar-refractivity contribution in [1.29, 1.82) is 0 Å². The second-order valence-electron chi connectivity index (χ2n) is 8.82. The molecule has 1 nitrogen and oxygen atoms in total. The summed E-state index contributed by atoms with van der Waals surface area (Å²) in [5, 5.41) is 10.4. The van der Waals surface area contributed by atoms with Crippen LogP contribution < -0.4 is 0 Å². The maximum Gasteiger partial charge on any atom is 0.119 e. The van der Waals surface area contributed by atoms with Crippen LogP contribution in [0.3, 0.4) is 0 Å². The molecule has 0 radical (unpaired) electrons. The molecule has 0 fully saturated rings. The van der Waals surface area contributed by atoms with Crippen LogP contribution in [0.2, 0.25) is 0 Å². The number of unbranched alkanes of at least 4 members (excludes halogenated alkanes) is 12. The van der Waals surface area contributed by atoms with Crippen molar-refractivity contribution in [3.8, 4) is 5.75 Å². The third-order valence-electron chi connectivity index (χ3n) is 6.22. The van der Waals surface area contributed by atoms with Crippen molar-refractivity contribution >= 4 is 0 Å². The Bertz CT molecular complexity index is 447. The summed E-state index contributed by atoms with van der Waals surface area (Å²) in [6.45, 7) is 6.94. The number of hydrogen-bond acceptors (Lipinski definition) is 1. The average Bonchev–Trinajstić information content (AvgIpc) is 2.67. The largest absolute Gasteiger partial charge is 0.508 e. The van der Waals surface area contributed by atoms with Gasteiger partial charge in [0.15, 0.2) is 0 Å². The first-order valence-electron chi connectivity index (χ1n) is 11.9. The number of hydrogen-bond donors (Lipinski definition) is 1. The van der Waals surface area contributed by atoms with Gasteiger partial charge in [0.2, 0.25) is 0 Å². The molecular weight excluding hydrogens is 328 g/mol. The maximum atomic E-state index is 10.4. The van der Waals surface area contributed by atoms with Crippen LogP contribution in [0.1, 0.15) is 129 Å². The van der Waals surface area contributed by atoms with Crippen molar-refractivity contribution in [3.05, 3.63) is 29.8 Å². The third kappa shape index (κ3) is 10.2. The van der Waals surface area contributed by atoms with Crippen LogP contribution in [0.4, 0.5) is 0 Å². The molecule has 0 saturated heterocycles. The van der Waals surface area contributed by atoms with Gasteiger partial charge in [0, 0.05) is 0 Å². The van der Waals surface area contributed by atoms with E-state index in [4.69, 9.17) is 0 Å². The lowest BCUT2D eigenvalue weighted by molar-refractivity contribution is 0.345. The summed E-state index contributed by atoms with van der Waals surface area (Å²) in [6, 6.07) is 8.05.